The maximum absolute atomic E-state index is 5.59. The van der Waals surface area contributed by atoms with E-state index in [1.165, 1.54) is 35.4 Å². The highest BCUT2D eigenvalue weighted by atomic mass is 32.1. The van der Waals surface area contributed by atoms with E-state index in [0.29, 0.717) is 11.5 Å². The Bertz CT molecular complexity index is 651. The lowest BCUT2D eigenvalue weighted by Gasteiger charge is -2.34. The Hall–Kier alpha value is -1.15. The Balaban J connectivity index is 1.66. The highest BCUT2D eigenvalue weighted by molar-refractivity contribution is 7.12. The maximum atomic E-state index is 5.59. The molecule has 0 bridgehead atoms. The van der Waals surface area contributed by atoms with Crippen molar-refractivity contribution in [1.82, 2.24) is 15.5 Å². The van der Waals surface area contributed by atoms with Gasteiger partial charge in [-0.25, -0.2) is 0 Å². The Morgan fingerprint density at radius 1 is 1.27 bits per heavy atom. The molecule has 0 spiro atoms. The average Bonchev–Trinajstić information content (AvgIpc) is 3.41. The molecule has 2 aliphatic rings. The lowest BCUT2D eigenvalue weighted by atomic mass is 9.83. The lowest BCUT2D eigenvalue weighted by molar-refractivity contribution is 0.0177. The molecule has 2 fully saturated rings. The van der Waals surface area contributed by atoms with Gasteiger partial charge < -0.3 is 20.1 Å². The largest absolute Gasteiger partial charge is 0.385 e. The Morgan fingerprint density at radius 2 is 2.03 bits per heavy atom. The molecule has 30 heavy (non-hydrogen) atoms. The summed E-state index contributed by atoms with van der Waals surface area (Å²) < 4.78 is 11.0. The van der Waals surface area contributed by atoms with Crippen LogP contribution in [0.1, 0.15) is 54.8 Å². The molecule has 2 heterocycles. The van der Waals surface area contributed by atoms with E-state index in [1.807, 2.05) is 11.3 Å². The molecule has 1 unspecified atom stereocenters. The third-order valence-electron chi connectivity index (χ3n) is 6.46. The molecule has 7 heteroatoms. The van der Waals surface area contributed by atoms with Gasteiger partial charge >= 0.3 is 0 Å². The molecule has 1 aromatic rings. The highest BCUT2D eigenvalue weighted by Crippen LogP contribution is 2.41. The van der Waals surface area contributed by atoms with Gasteiger partial charge in [-0.15, -0.1) is 11.3 Å². The number of morpholine rings is 1. The zero-order valence-corrected chi connectivity index (χ0v) is 19.9. The highest BCUT2D eigenvalue weighted by Gasteiger charge is 2.33. The first kappa shape index (κ1) is 23.5. The van der Waals surface area contributed by atoms with Crippen molar-refractivity contribution < 1.29 is 9.47 Å². The standard InChI is InChI=1S/C23H40N4O2S/c1-4-24-22(26-18-23(11-14-28-3)9-5-6-10-23)25-17-20(21-8-7-19(2)30-21)27-12-15-29-16-13-27/h7-8,20H,4-6,9-18H2,1-3H3,(H2,24,25,26). The number of hydrogen-bond acceptors (Lipinski definition) is 5. The van der Waals surface area contributed by atoms with E-state index in [2.05, 4.69) is 41.5 Å². The molecule has 1 saturated carbocycles. The number of guanidine groups is 1. The minimum absolute atomic E-state index is 0.312. The van der Waals surface area contributed by atoms with Crippen molar-refractivity contribution in [3.05, 3.63) is 21.9 Å². The second-order valence-electron chi connectivity index (χ2n) is 8.64. The fraction of sp³-hybridized carbons (Fsp3) is 0.783. The number of nitrogens with one attached hydrogen (secondary N) is 2. The molecule has 1 aliphatic carbocycles. The van der Waals surface area contributed by atoms with Crippen LogP contribution in [0.2, 0.25) is 0 Å². The van der Waals surface area contributed by atoms with Gasteiger partial charge in [-0.3, -0.25) is 9.89 Å². The summed E-state index contributed by atoms with van der Waals surface area (Å²) in [6, 6.07) is 4.86. The number of methoxy groups -OCH3 is 1. The van der Waals surface area contributed by atoms with Crippen LogP contribution in [0, 0.1) is 12.3 Å². The fourth-order valence-corrected chi connectivity index (χ4v) is 5.66. The van der Waals surface area contributed by atoms with Gasteiger partial charge in [-0.1, -0.05) is 12.8 Å². The molecule has 3 rings (SSSR count). The van der Waals surface area contributed by atoms with Crippen LogP contribution in [-0.2, 0) is 9.47 Å². The van der Waals surface area contributed by atoms with Crippen molar-refractivity contribution in [1.29, 1.82) is 0 Å². The SMILES string of the molecule is CCNC(=NCC1(CCOC)CCCC1)NCC(c1ccc(C)s1)N1CCOCC1. The van der Waals surface area contributed by atoms with E-state index in [9.17, 15) is 0 Å². The molecule has 1 atom stereocenters. The fourth-order valence-electron chi connectivity index (χ4n) is 4.64. The van der Waals surface area contributed by atoms with Crippen LogP contribution >= 0.6 is 11.3 Å². The summed E-state index contributed by atoms with van der Waals surface area (Å²) in [5, 5.41) is 7.12. The van der Waals surface area contributed by atoms with Gasteiger partial charge in [-0.05, 0) is 50.7 Å². The predicted molar refractivity (Wildman–Crippen MR) is 126 cm³/mol. The van der Waals surface area contributed by atoms with Gasteiger partial charge in [0.15, 0.2) is 5.96 Å². The van der Waals surface area contributed by atoms with E-state index in [0.717, 1.165) is 64.9 Å². The van der Waals surface area contributed by atoms with Gasteiger partial charge in [0.1, 0.15) is 0 Å². The zero-order chi connectivity index (χ0) is 21.2. The first-order valence-electron chi connectivity index (χ1n) is 11.5. The van der Waals surface area contributed by atoms with Gasteiger partial charge in [0.2, 0.25) is 0 Å². The van der Waals surface area contributed by atoms with Crippen LogP contribution in [-0.4, -0.2) is 70.5 Å². The minimum Gasteiger partial charge on any atom is -0.385 e. The molecule has 170 valence electrons. The first-order chi connectivity index (χ1) is 14.7. The number of aliphatic imine (C=N–C) groups is 1. The monoisotopic (exact) mass is 436 g/mol. The van der Waals surface area contributed by atoms with E-state index in [-0.39, 0.29) is 0 Å². The normalized spacial score (nSPS) is 21.0. The quantitative estimate of drug-likeness (QED) is 0.434. The predicted octanol–water partition coefficient (Wildman–Crippen LogP) is 3.58. The summed E-state index contributed by atoms with van der Waals surface area (Å²) in [6.45, 7) is 11.4. The van der Waals surface area contributed by atoms with Gasteiger partial charge in [0, 0.05) is 56.2 Å². The van der Waals surface area contributed by atoms with Gasteiger partial charge in [0.05, 0.1) is 19.3 Å². The maximum Gasteiger partial charge on any atom is 0.191 e. The van der Waals surface area contributed by atoms with Crippen LogP contribution in [0.4, 0.5) is 0 Å². The lowest BCUT2D eigenvalue weighted by Crippen LogP contribution is -2.46. The van der Waals surface area contributed by atoms with Crippen molar-refractivity contribution in [3.8, 4) is 0 Å². The van der Waals surface area contributed by atoms with Crippen LogP contribution in [0.15, 0.2) is 17.1 Å². The summed E-state index contributed by atoms with van der Waals surface area (Å²) in [7, 11) is 1.80. The van der Waals surface area contributed by atoms with Crippen molar-refractivity contribution in [2.75, 3.05) is 59.7 Å². The Kier molecular flexibility index (Phi) is 9.43. The number of rotatable bonds is 10. The molecule has 0 amide bonds. The van der Waals surface area contributed by atoms with Crippen LogP contribution < -0.4 is 10.6 Å². The van der Waals surface area contributed by atoms with Crippen molar-refractivity contribution in [2.45, 2.75) is 52.0 Å². The molecule has 2 N–H and O–H groups in total. The average molecular weight is 437 g/mol. The van der Waals surface area contributed by atoms with Crippen LogP contribution in [0.5, 0.6) is 0 Å². The molecule has 1 aromatic heterocycles. The van der Waals surface area contributed by atoms with Crippen molar-refractivity contribution >= 4 is 17.3 Å². The van der Waals surface area contributed by atoms with Crippen LogP contribution in [0.25, 0.3) is 0 Å². The van der Waals surface area contributed by atoms with E-state index < -0.39 is 0 Å². The van der Waals surface area contributed by atoms with Crippen molar-refractivity contribution in [2.24, 2.45) is 10.4 Å². The topological polar surface area (TPSA) is 58.1 Å². The van der Waals surface area contributed by atoms with E-state index in [4.69, 9.17) is 14.5 Å². The summed E-state index contributed by atoms with van der Waals surface area (Å²) >= 11 is 1.90. The molecular weight excluding hydrogens is 396 g/mol. The molecular formula is C23H40N4O2S. The van der Waals surface area contributed by atoms with Gasteiger partial charge in [-0.2, -0.15) is 0 Å². The summed E-state index contributed by atoms with van der Waals surface area (Å²) in [5.41, 5.74) is 0.312. The summed E-state index contributed by atoms with van der Waals surface area (Å²) in [5.74, 6) is 0.938. The van der Waals surface area contributed by atoms with E-state index >= 15 is 0 Å². The number of nitrogens with zero attached hydrogens (tertiary/aromatic N) is 2. The third kappa shape index (κ3) is 6.67. The molecule has 1 aliphatic heterocycles. The number of thiophene rings is 1. The van der Waals surface area contributed by atoms with Crippen molar-refractivity contribution in [3.63, 3.8) is 0 Å². The van der Waals surface area contributed by atoms with E-state index in [1.54, 1.807) is 7.11 Å². The van der Waals surface area contributed by atoms with Crippen LogP contribution in [0.3, 0.4) is 0 Å². The molecule has 6 nitrogen and oxygen atoms in total. The molecule has 0 aromatic carbocycles. The Labute approximate surface area is 186 Å². The smallest absolute Gasteiger partial charge is 0.191 e. The number of hydrogen-bond donors (Lipinski definition) is 2. The summed E-state index contributed by atoms with van der Waals surface area (Å²) in [4.78, 5) is 10.4. The molecule has 1 saturated heterocycles. The Morgan fingerprint density at radius 3 is 2.67 bits per heavy atom. The first-order valence-corrected chi connectivity index (χ1v) is 12.4. The second kappa shape index (κ2) is 12.0. The number of aryl methyl sites for hydroxylation is 1. The zero-order valence-electron chi connectivity index (χ0n) is 19.0. The third-order valence-corrected chi connectivity index (χ3v) is 7.56. The molecule has 0 radical (unpaired) electrons. The van der Waals surface area contributed by atoms with Gasteiger partial charge in [0.25, 0.3) is 0 Å². The second-order valence-corrected chi connectivity index (χ2v) is 9.96. The number of ether oxygens (including phenoxy) is 2. The minimum atomic E-state index is 0.312. The summed E-state index contributed by atoms with van der Waals surface area (Å²) in [6.07, 6.45) is 6.28.